The Labute approximate surface area is 158 Å². The molecule has 1 saturated carbocycles. The van der Waals surface area contributed by atoms with Gasteiger partial charge in [-0.25, -0.2) is 9.97 Å². The third-order valence-corrected chi connectivity index (χ3v) is 5.33. The van der Waals surface area contributed by atoms with Gasteiger partial charge in [0.15, 0.2) is 5.82 Å². The molecule has 1 amide bonds. The molecule has 4 rings (SSSR count). The predicted molar refractivity (Wildman–Crippen MR) is 106 cm³/mol. The summed E-state index contributed by atoms with van der Waals surface area (Å²) >= 11 is 0. The van der Waals surface area contributed by atoms with Crippen LogP contribution in [0.1, 0.15) is 53.8 Å². The van der Waals surface area contributed by atoms with Gasteiger partial charge in [0.2, 0.25) is 0 Å². The summed E-state index contributed by atoms with van der Waals surface area (Å²) in [5.41, 5.74) is 4.70. The monoisotopic (exact) mass is 363 g/mol. The molecule has 6 nitrogen and oxygen atoms in total. The average molecular weight is 363 g/mol. The summed E-state index contributed by atoms with van der Waals surface area (Å²) in [6, 6.07) is 6.06. The van der Waals surface area contributed by atoms with Crippen LogP contribution in [-0.2, 0) is 0 Å². The summed E-state index contributed by atoms with van der Waals surface area (Å²) in [4.78, 5) is 29.4. The number of rotatable bonds is 4. The molecule has 0 unspecified atom stereocenters. The van der Waals surface area contributed by atoms with Crippen LogP contribution in [0.4, 0.5) is 0 Å². The number of H-pyrrole nitrogens is 1. The molecule has 0 bridgehead atoms. The van der Waals surface area contributed by atoms with Crippen LogP contribution < -0.4 is 5.32 Å². The van der Waals surface area contributed by atoms with Gasteiger partial charge in [0, 0.05) is 6.54 Å². The lowest BCUT2D eigenvalue weighted by molar-refractivity contribution is 0.0938. The predicted octanol–water partition coefficient (Wildman–Crippen LogP) is 3.95. The van der Waals surface area contributed by atoms with E-state index in [9.17, 15) is 4.79 Å². The lowest BCUT2D eigenvalue weighted by Crippen LogP contribution is -2.31. The molecule has 0 atom stereocenters. The van der Waals surface area contributed by atoms with Gasteiger partial charge in [-0.1, -0.05) is 25.3 Å². The van der Waals surface area contributed by atoms with E-state index < -0.39 is 0 Å². The molecule has 1 aliphatic carbocycles. The van der Waals surface area contributed by atoms with Crippen molar-refractivity contribution in [2.45, 2.75) is 46.0 Å². The van der Waals surface area contributed by atoms with E-state index in [4.69, 9.17) is 0 Å². The van der Waals surface area contributed by atoms with E-state index in [1.54, 1.807) is 6.20 Å². The number of amides is 1. The Bertz CT molecular complexity index is 972. The Balaban J connectivity index is 1.55. The molecule has 2 aromatic heterocycles. The molecule has 2 N–H and O–H groups in total. The molecule has 0 aliphatic heterocycles. The van der Waals surface area contributed by atoms with E-state index >= 15 is 0 Å². The standard InChI is InChI=1S/C21H25N5O/c1-13-8-9-16-17(10-13)26-20(25-16)19-14(2)22-12-18(24-19)21(27)23-11-15-6-4-3-5-7-15/h8-10,12,15H,3-7,11H2,1-2H3,(H,23,27)(H,25,26). The minimum Gasteiger partial charge on any atom is -0.350 e. The Morgan fingerprint density at radius 1 is 1.19 bits per heavy atom. The summed E-state index contributed by atoms with van der Waals surface area (Å²) in [6.45, 7) is 4.64. The van der Waals surface area contributed by atoms with Crippen molar-refractivity contribution in [3.63, 3.8) is 0 Å². The second-order valence-corrected chi connectivity index (χ2v) is 7.51. The smallest absolute Gasteiger partial charge is 0.271 e. The molecule has 3 aromatic rings. The number of hydrogen-bond donors (Lipinski definition) is 2. The fourth-order valence-electron chi connectivity index (χ4n) is 3.74. The van der Waals surface area contributed by atoms with Gasteiger partial charge in [0.1, 0.15) is 11.4 Å². The minimum atomic E-state index is -0.165. The van der Waals surface area contributed by atoms with Crippen LogP contribution in [0, 0.1) is 19.8 Å². The molecular formula is C21H25N5O. The fraction of sp³-hybridized carbons (Fsp3) is 0.429. The zero-order valence-electron chi connectivity index (χ0n) is 15.9. The van der Waals surface area contributed by atoms with Crippen molar-refractivity contribution in [2.24, 2.45) is 5.92 Å². The molecule has 6 heteroatoms. The maximum absolute atomic E-state index is 12.6. The molecule has 1 aromatic carbocycles. The Kier molecular flexibility index (Phi) is 4.88. The number of carbonyl (C=O) groups is 1. The van der Waals surface area contributed by atoms with Crippen molar-refractivity contribution in [3.05, 3.63) is 41.3 Å². The van der Waals surface area contributed by atoms with Crippen LogP contribution in [0.5, 0.6) is 0 Å². The number of aryl methyl sites for hydroxylation is 2. The third-order valence-electron chi connectivity index (χ3n) is 5.33. The Hall–Kier alpha value is -2.76. The van der Waals surface area contributed by atoms with Gasteiger partial charge < -0.3 is 10.3 Å². The van der Waals surface area contributed by atoms with Gasteiger partial charge in [-0.15, -0.1) is 0 Å². The first-order chi connectivity index (χ1) is 13.1. The molecule has 1 aliphatic rings. The third kappa shape index (κ3) is 3.84. The summed E-state index contributed by atoms with van der Waals surface area (Å²) < 4.78 is 0. The second-order valence-electron chi connectivity index (χ2n) is 7.51. The van der Waals surface area contributed by atoms with Gasteiger partial charge in [-0.2, -0.15) is 0 Å². The van der Waals surface area contributed by atoms with Crippen molar-refractivity contribution < 1.29 is 4.79 Å². The van der Waals surface area contributed by atoms with Crippen LogP contribution in [0.3, 0.4) is 0 Å². The average Bonchev–Trinajstić information content (AvgIpc) is 3.10. The van der Waals surface area contributed by atoms with Crippen molar-refractivity contribution in [3.8, 4) is 11.5 Å². The lowest BCUT2D eigenvalue weighted by atomic mass is 9.89. The highest BCUT2D eigenvalue weighted by molar-refractivity contribution is 5.92. The number of aromatic nitrogens is 4. The van der Waals surface area contributed by atoms with E-state index in [2.05, 4.69) is 31.3 Å². The van der Waals surface area contributed by atoms with Gasteiger partial charge in [0.25, 0.3) is 5.91 Å². The highest BCUT2D eigenvalue weighted by Crippen LogP contribution is 2.23. The van der Waals surface area contributed by atoms with E-state index in [1.807, 2.05) is 26.0 Å². The Morgan fingerprint density at radius 2 is 2.00 bits per heavy atom. The number of aromatic amines is 1. The lowest BCUT2D eigenvalue weighted by Gasteiger charge is -2.21. The number of hydrogen-bond acceptors (Lipinski definition) is 4. The number of imidazole rings is 1. The van der Waals surface area contributed by atoms with Gasteiger partial charge in [-0.05, 0) is 50.3 Å². The van der Waals surface area contributed by atoms with Crippen molar-refractivity contribution in [1.82, 2.24) is 25.3 Å². The zero-order chi connectivity index (χ0) is 18.8. The molecule has 0 saturated heterocycles. The van der Waals surface area contributed by atoms with Gasteiger partial charge >= 0.3 is 0 Å². The Morgan fingerprint density at radius 3 is 2.81 bits per heavy atom. The van der Waals surface area contributed by atoms with Gasteiger partial charge in [0.05, 0.1) is 22.9 Å². The van der Waals surface area contributed by atoms with E-state index in [-0.39, 0.29) is 5.91 Å². The molecule has 140 valence electrons. The second kappa shape index (κ2) is 7.47. The summed E-state index contributed by atoms with van der Waals surface area (Å²) in [6.07, 6.45) is 7.78. The summed E-state index contributed by atoms with van der Waals surface area (Å²) in [5, 5.41) is 3.03. The van der Waals surface area contributed by atoms with Crippen molar-refractivity contribution in [2.75, 3.05) is 6.54 Å². The zero-order valence-corrected chi connectivity index (χ0v) is 15.9. The van der Waals surface area contributed by atoms with E-state index in [1.165, 1.54) is 32.1 Å². The first-order valence-corrected chi connectivity index (χ1v) is 9.69. The summed E-state index contributed by atoms with van der Waals surface area (Å²) in [5.74, 6) is 1.06. The maximum Gasteiger partial charge on any atom is 0.271 e. The number of nitrogens with one attached hydrogen (secondary N) is 2. The number of benzene rings is 1. The van der Waals surface area contributed by atoms with Crippen LogP contribution in [0.2, 0.25) is 0 Å². The molecular weight excluding hydrogens is 338 g/mol. The van der Waals surface area contributed by atoms with Crippen molar-refractivity contribution >= 4 is 16.9 Å². The van der Waals surface area contributed by atoms with E-state index in [0.29, 0.717) is 29.7 Å². The number of carbonyl (C=O) groups excluding carboxylic acids is 1. The molecule has 2 heterocycles. The maximum atomic E-state index is 12.6. The molecule has 27 heavy (non-hydrogen) atoms. The minimum absolute atomic E-state index is 0.165. The molecule has 0 spiro atoms. The number of nitrogens with zero attached hydrogens (tertiary/aromatic N) is 3. The fourth-order valence-corrected chi connectivity index (χ4v) is 3.74. The van der Waals surface area contributed by atoms with Crippen LogP contribution in [0.25, 0.3) is 22.6 Å². The highest BCUT2D eigenvalue weighted by atomic mass is 16.1. The largest absolute Gasteiger partial charge is 0.350 e. The highest BCUT2D eigenvalue weighted by Gasteiger charge is 2.18. The van der Waals surface area contributed by atoms with Crippen molar-refractivity contribution in [1.29, 1.82) is 0 Å². The normalized spacial score (nSPS) is 15.2. The number of fused-ring (bicyclic) bond motifs is 1. The topological polar surface area (TPSA) is 83.6 Å². The first kappa shape index (κ1) is 17.6. The van der Waals surface area contributed by atoms with E-state index in [0.717, 1.165) is 22.3 Å². The van der Waals surface area contributed by atoms with Crippen LogP contribution in [-0.4, -0.2) is 32.4 Å². The first-order valence-electron chi connectivity index (χ1n) is 9.69. The molecule has 0 radical (unpaired) electrons. The summed E-state index contributed by atoms with van der Waals surface area (Å²) in [7, 11) is 0. The van der Waals surface area contributed by atoms with Crippen LogP contribution in [0.15, 0.2) is 24.4 Å². The van der Waals surface area contributed by atoms with Crippen LogP contribution >= 0.6 is 0 Å². The quantitative estimate of drug-likeness (QED) is 0.735. The SMILES string of the molecule is Cc1ccc2nc(-c3nc(C(=O)NCC4CCCCC4)cnc3C)[nH]c2c1. The molecule has 1 fully saturated rings. The van der Waals surface area contributed by atoms with Gasteiger partial charge in [-0.3, -0.25) is 9.78 Å².